The average molecular weight is 313 g/mol. The normalized spacial score (nSPS) is 11.0. The van der Waals surface area contributed by atoms with Crippen LogP contribution in [0.15, 0.2) is 35.6 Å². The van der Waals surface area contributed by atoms with Crippen molar-refractivity contribution in [1.82, 2.24) is 15.0 Å². The number of nitrogens with zero attached hydrogens (tertiary/aromatic N) is 2. The van der Waals surface area contributed by atoms with E-state index in [-0.39, 0.29) is 0 Å². The highest BCUT2D eigenvalue weighted by atomic mass is 32.2. The summed E-state index contributed by atoms with van der Waals surface area (Å²) in [4.78, 5) is 12.4. The van der Waals surface area contributed by atoms with Crippen molar-refractivity contribution in [2.24, 2.45) is 0 Å². The molecule has 1 aromatic carbocycles. The van der Waals surface area contributed by atoms with Crippen LogP contribution < -0.4 is 4.74 Å². The summed E-state index contributed by atoms with van der Waals surface area (Å²) in [6, 6.07) is 8.15. The van der Waals surface area contributed by atoms with E-state index in [1.807, 2.05) is 19.1 Å². The number of benzene rings is 1. The van der Waals surface area contributed by atoms with Crippen LogP contribution in [0, 0.1) is 13.8 Å². The monoisotopic (exact) mass is 313 g/mol. The Labute approximate surface area is 134 Å². The van der Waals surface area contributed by atoms with Gasteiger partial charge in [-0.1, -0.05) is 17.8 Å². The Morgan fingerprint density at radius 3 is 2.91 bits per heavy atom. The zero-order valence-electron chi connectivity index (χ0n) is 13.0. The second-order valence-corrected chi connectivity index (χ2v) is 6.13. The van der Waals surface area contributed by atoms with Gasteiger partial charge in [0.15, 0.2) is 5.16 Å². The minimum Gasteiger partial charge on any atom is -0.493 e. The molecule has 2 heterocycles. The van der Waals surface area contributed by atoms with Crippen LogP contribution in [0.2, 0.25) is 0 Å². The number of imidazole rings is 1. The maximum atomic E-state index is 5.62. The first kappa shape index (κ1) is 14.9. The van der Waals surface area contributed by atoms with Gasteiger partial charge in [-0.3, -0.25) is 4.98 Å². The number of hydrogen-bond donors (Lipinski definition) is 1. The Balaban J connectivity index is 1.77. The number of ether oxygens (including phenoxy) is 1. The Kier molecular flexibility index (Phi) is 4.34. The quantitative estimate of drug-likeness (QED) is 0.715. The van der Waals surface area contributed by atoms with Gasteiger partial charge in [0.2, 0.25) is 0 Å². The molecule has 0 amide bonds. The molecule has 2 aromatic heterocycles. The number of rotatable bonds is 5. The molecule has 5 heteroatoms. The van der Waals surface area contributed by atoms with Gasteiger partial charge in [-0.05, 0) is 44.5 Å². The lowest BCUT2D eigenvalue weighted by atomic mass is 10.2. The molecule has 114 valence electrons. The predicted octanol–water partition coefficient (Wildman–Crippen LogP) is 4.27. The summed E-state index contributed by atoms with van der Waals surface area (Å²) >= 11 is 1.66. The van der Waals surface area contributed by atoms with Gasteiger partial charge in [0.25, 0.3) is 0 Å². The van der Waals surface area contributed by atoms with E-state index in [4.69, 9.17) is 4.74 Å². The van der Waals surface area contributed by atoms with Crippen molar-refractivity contribution in [1.29, 1.82) is 0 Å². The highest BCUT2D eigenvalue weighted by Gasteiger charge is 2.09. The van der Waals surface area contributed by atoms with E-state index in [1.165, 1.54) is 5.56 Å². The maximum absolute atomic E-state index is 5.62. The molecular formula is C17H19N3OS. The van der Waals surface area contributed by atoms with Crippen LogP contribution >= 0.6 is 11.8 Å². The van der Waals surface area contributed by atoms with Crippen LogP contribution in [0.5, 0.6) is 5.75 Å². The van der Waals surface area contributed by atoms with Crippen molar-refractivity contribution in [3.63, 3.8) is 0 Å². The highest BCUT2D eigenvalue weighted by Crippen LogP contribution is 2.27. The van der Waals surface area contributed by atoms with Crippen molar-refractivity contribution in [2.75, 3.05) is 6.61 Å². The smallest absolute Gasteiger partial charge is 0.166 e. The summed E-state index contributed by atoms with van der Waals surface area (Å²) < 4.78 is 5.62. The van der Waals surface area contributed by atoms with Gasteiger partial charge >= 0.3 is 0 Å². The van der Waals surface area contributed by atoms with Gasteiger partial charge in [0.1, 0.15) is 5.75 Å². The predicted molar refractivity (Wildman–Crippen MR) is 90.5 cm³/mol. The minimum atomic E-state index is 0.667. The van der Waals surface area contributed by atoms with Crippen LogP contribution in [0.3, 0.4) is 0 Å². The Bertz CT molecular complexity index is 798. The van der Waals surface area contributed by atoms with E-state index in [0.717, 1.165) is 38.9 Å². The van der Waals surface area contributed by atoms with E-state index in [1.54, 1.807) is 18.0 Å². The van der Waals surface area contributed by atoms with E-state index in [9.17, 15) is 0 Å². The topological polar surface area (TPSA) is 50.8 Å². The first-order chi connectivity index (χ1) is 10.7. The van der Waals surface area contributed by atoms with Crippen LogP contribution in [0.25, 0.3) is 11.0 Å². The summed E-state index contributed by atoms with van der Waals surface area (Å²) in [6.45, 7) is 6.79. The molecule has 3 rings (SSSR count). The summed E-state index contributed by atoms with van der Waals surface area (Å²) in [6.07, 6.45) is 1.80. The first-order valence-corrected chi connectivity index (χ1v) is 8.32. The third kappa shape index (κ3) is 3.09. The molecule has 0 aliphatic carbocycles. The second-order valence-electron chi connectivity index (χ2n) is 5.17. The zero-order chi connectivity index (χ0) is 15.5. The molecule has 0 saturated heterocycles. The van der Waals surface area contributed by atoms with Gasteiger partial charge in [-0.2, -0.15) is 0 Å². The maximum Gasteiger partial charge on any atom is 0.166 e. The van der Waals surface area contributed by atoms with Crippen LogP contribution in [-0.2, 0) is 5.75 Å². The van der Waals surface area contributed by atoms with E-state index in [0.29, 0.717) is 6.61 Å². The lowest BCUT2D eigenvalue weighted by Gasteiger charge is -2.09. The summed E-state index contributed by atoms with van der Waals surface area (Å²) in [5.74, 6) is 1.68. The van der Waals surface area contributed by atoms with Gasteiger partial charge in [-0.25, -0.2) is 4.98 Å². The number of H-pyrrole nitrogens is 1. The van der Waals surface area contributed by atoms with Crippen molar-refractivity contribution in [3.8, 4) is 5.75 Å². The third-order valence-electron chi connectivity index (χ3n) is 3.52. The standard InChI is InChI=1S/C17H19N3OS/c1-4-21-16-7-8-18-15(12(16)3)10-22-17-19-13-6-5-11(2)9-14(13)20-17/h5-9H,4,10H2,1-3H3,(H,19,20). The molecule has 4 nitrogen and oxygen atoms in total. The third-order valence-corrected chi connectivity index (χ3v) is 4.40. The molecule has 0 unspecified atom stereocenters. The van der Waals surface area contributed by atoms with Crippen LogP contribution in [0.1, 0.15) is 23.7 Å². The van der Waals surface area contributed by atoms with Crippen LogP contribution in [-0.4, -0.2) is 21.6 Å². The van der Waals surface area contributed by atoms with Gasteiger partial charge in [-0.15, -0.1) is 0 Å². The van der Waals surface area contributed by atoms with Crippen molar-refractivity contribution < 1.29 is 4.74 Å². The Morgan fingerprint density at radius 2 is 2.09 bits per heavy atom. The molecule has 0 atom stereocenters. The highest BCUT2D eigenvalue weighted by molar-refractivity contribution is 7.98. The number of fused-ring (bicyclic) bond motifs is 1. The summed E-state index contributed by atoms with van der Waals surface area (Å²) in [5.41, 5.74) is 5.45. The van der Waals surface area contributed by atoms with Gasteiger partial charge in [0, 0.05) is 17.5 Å². The van der Waals surface area contributed by atoms with Gasteiger partial charge in [0.05, 0.1) is 23.3 Å². The van der Waals surface area contributed by atoms with Crippen molar-refractivity contribution in [2.45, 2.75) is 31.7 Å². The molecule has 0 aliphatic heterocycles. The van der Waals surface area contributed by atoms with E-state index < -0.39 is 0 Å². The van der Waals surface area contributed by atoms with Crippen LogP contribution in [0.4, 0.5) is 0 Å². The molecule has 22 heavy (non-hydrogen) atoms. The first-order valence-electron chi connectivity index (χ1n) is 7.34. The number of nitrogens with one attached hydrogen (secondary N) is 1. The number of aromatic amines is 1. The zero-order valence-corrected chi connectivity index (χ0v) is 13.8. The molecule has 0 saturated carbocycles. The van der Waals surface area contributed by atoms with E-state index >= 15 is 0 Å². The molecule has 0 aliphatic rings. The Morgan fingerprint density at radius 1 is 1.23 bits per heavy atom. The fraction of sp³-hybridized carbons (Fsp3) is 0.294. The number of hydrogen-bond acceptors (Lipinski definition) is 4. The lowest BCUT2D eigenvalue weighted by Crippen LogP contribution is -1.99. The average Bonchev–Trinajstić information content (AvgIpc) is 2.90. The fourth-order valence-corrected chi connectivity index (χ4v) is 3.23. The number of aryl methyl sites for hydroxylation is 1. The largest absolute Gasteiger partial charge is 0.493 e. The lowest BCUT2D eigenvalue weighted by molar-refractivity contribution is 0.337. The summed E-state index contributed by atoms with van der Waals surface area (Å²) in [7, 11) is 0. The number of thioether (sulfide) groups is 1. The number of pyridine rings is 1. The van der Waals surface area contributed by atoms with Gasteiger partial charge < -0.3 is 9.72 Å². The van der Waals surface area contributed by atoms with E-state index in [2.05, 4.69) is 40.9 Å². The minimum absolute atomic E-state index is 0.667. The SMILES string of the molecule is CCOc1ccnc(CSc2nc3ccc(C)cc3[nH]2)c1C. The Hall–Kier alpha value is -2.01. The molecule has 3 aromatic rings. The fourth-order valence-electron chi connectivity index (χ4n) is 2.32. The molecule has 0 bridgehead atoms. The number of aromatic nitrogens is 3. The molecular weight excluding hydrogens is 294 g/mol. The molecule has 1 N–H and O–H groups in total. The summed E-state index contributed by atoms with van der Waals surface area (Å²) in [5, 5.41) is 0.920. The molecule has 0 spiro atoms. The van der Waals surface area contributed by atoms with Crippen molar-refractivity contribution in [3.05, 3.63) is 47.3 Å². The molecule has 0 radical (unpaired) electrons. The van der Waals surface area contributed by atoms with Crippen molar-refractivity contribution >= 4 is 22.8 Å². The second kappa shape index (κ2) is 6.40. The molecule has 0 fully saturated rings.